The van der Waals surface area contributed by atoms with Crippen LogP contribution in [0.2, 0.25) is 0 Å². The van der Waals surface area contributed by atoms with Gasteiger partial charge in [-0.2, -0.15) is 0 Å². The van der Waals surface area contributed by atoms with Gasteiger partial charge in [0.05, 0.1) is 23.3 Å². The molecule has 5 heteroatoms. The number of rotatable bonds is 4. The number of hydrogen-bond acceptors (Lipinski definition) is 3. The number of nitrogens with one attached hydrogen (secondary N) is 3. The molecule has 0 unspecified atom stereocenters. The Labute approximate surface area is 168 Å². The lowest BCUT2D eigenvalue weighted by atomic mass is 9.99. The minimum Gasteiger partial charge on any atom is -0.354 e. The van der Waals surface area contributed by atoms with Crippen molar-refractivity contribution in [3.8, 4) is 11.3 Å². The molecule has 0 saturated carbocycles. The summed E-state index contributed by atoms with van der Waals surface area (Å²) in [5, 5.41) is 6.50. The average molecular weight is 378 g/mol. The van der Waals surface area contributed by atoms with Crippen molar-refractivity contribution in [3.63, 3.8) is 0 Å². The molecule has 5 rings (SSSR count). The number of imidazole rings is 1. The number of amides is 1. The highest BCUT2D eigenvalue weighted by Gasteiger charge is 2.28. The van der Waals surface area contributed by atoms with Gasteiger partial charge in [-0.25, -0.2) is 4.98 Å². The van der Waals surface area contributed by atoms with E-state index >= 15 is 0 Å². The van der Waals surface area contributed by atoms with Crippen molar-refractivity contribution in [1.29, 1.82) is 0 Å². The SMILES string of the molecule is O=C1Nc2ccccc2/C1=C(/Nc1ccccc1-c1c[nH]cn1)c1ccccc1. The van der Waals surface area contributed by atoms with Crippen molar-refractivity contribution in [1.82, 2.24) is 9.97 Å². The van der Waals surface area contributed by atoms with Crippen molar-refractivity contribution in [2.75, 3.05) is 10.6 Å². The lowest BCUT2D eigenvalue weighted by molar-refractivity contribution is -0.110. The van der Waals surface area contributed by atoms with Crippen molar-refractivity contribution >= 4 is 28.6 Å². The van der Waals surface area contributed by atoms with Gasteiger partial charge < -0.3 is 15.6 Å². The van der Waals surface area contributed by atoms with E-state index < -0.39 is 0 Å². The van der Waals surface area contributed by atoms with E-state index in [2.05, 4.69) is 20.6 Å². The summed E-state index contributed by atoms with van der Waals surface area (Å²) in [5.41, 5.74) is 6.70. The van der Waals surface area contributed by atoms with Crippen LogP contribution in [-0.4, -0.2) is 15.9 Å². The molecular weight excluding hydrogens is 360 g/mol. The van der Waals surface area contributed by atoms with Crippen LogP contribution in [0.15, 0.2) is 91.4 Å². The maximum Gasteiger partial charge on any atom is 0.258 e. The van der Waals surface area contributed by atoms with Crippen LogP contribution in [0, 0.1) is 0 Å². The number of fused-ring (bicyclic) bond motifs is 1. The van der Waals surface area contributed by atoms with Crippen molar-refractivity contribution < 1.29 is 4.79 Å². The van der Waals surface area contributed by atoms with Crippen LogP contribution in [0.4, 0.5) is 11.4 Å². The Morgan fingerprint density at radius 3 is 2.34 bits per heavy atom. The third-order valence-electron chi connectivity index (χ3n) is 4.95. The largest absolute Gasteiger partial charge is 0.354 e. The third-order valence-corrected chi connectivity index (χ3v) is 4.95. The fraction of sp³-hybridized carbons (Fsp3) is 0. The zero-order chi connectivity index (χ0) is 19.6. The highest BCUT2D eigenvalue weighted by Crippen LogP contribution is 2.38. The number of H-pyrrole nitrogens is 1. The number of para-hydroxylation sites is 2. The first-order valence-electron chi connectivity index (χ1n) is 9.37. The van der Waals surface area contributed by atoms with E-state index in [-0.39, 0.29) is 5.91 Å². The summed E-state index contributed by atoms with van der Waals surface area (Å²) < 4.78 is 0. The summed E-state index contributed by atoms with van der Waals surface area (Å²) in [6.45, 7) is 0. The molecule has 0 fully saturated rings. The molecule has 3 aromatic carbocycles. The third kappa shape index (κ3) is 3.08. The Hall–Kier alpha value is -4.12. The number of carbonyl (C=O) groups excluding carboxylic acids is 1. The topological polar surface area (TPSA) is 69.8 Å². The molecule has 1 aliphatic rings. The minimum atomic E-state index is -0.116. The number of aromatic nitrogens is 2. The van der Waals surface area contributed by atoms with Gasteiger partial charge in [-0.05, 0) is 17.7 Å². The summed E-state index contributed by atoms with van der Waals surface area (Å²) in [4.78, 5) is 20.3. The van der Waals surface area contributed by atoms with Gasteiger partial charge in [0.1, 0.15) is 0 Å². The Morgan fingerprint density at radius 2 is 1.55 bits per heavy atom. The molecule has 3 N–H and O–H groups in total. The van der Waals surface area contributed by atoms with E-state index in [4.69, 9.17) is 0 Å². The maximum atomic E-state index is 12.9. The first-order valence-corrected chi connectivity index (χ1v) is 9.37. The molecule has 0 bridgehead atoms. The monoisotopic (exact) mass is 378 g/mol. The molecule has 29 heavy (non-hydrogen) atoms. The van der Waals surface area contributed by atoms with Gasteiger partial charge in [0.25, 0.3) is 5.91 Å². The summed E-state index contributed by atoms with van der Waals surface area (Å²) >= 11 is 0. The van der Waals surface area contributed by atoms with Crippen LogP contribution < -0.4 is 10.6 Å². The Kier molecular flexibility index (Phi) is 4.18. The van der Waals surface area contributed by atoms with Crippen molar-refractivity contribution in [2.24, 2.45) is 0 Å². The second-order valence-electron chi connectivity index (χ2n) is 6.74. The molecule has 5 nitrogen and oxygen atoms in total. The van der Waals surface area contributed by atoms with Gasteiger partial charge in [0, 0.05) is 28.7 Å². The van der Waals surface area contributed by atoms with Gasteiger partial charge in [0.15, 0.2) is 0 Å². The van der Waals surface area contributed by atoms with E-state index in [1.165, 1.54) is 0 Å². The molecule has 2 heterocycles. The normalized spacial score (nSPS) is 14.3. The zero-order valence-electron chi connectivity index (χ0n) is 15.5. The first-order chi connectivity index (χ1) is 14.3. The van der Waals surface area contributed by atoms with Crippen LogP contribution >= 0.6 is 0 Å². The van der Waals surface area contributed by atoms with E-state index in [1.54, 1.807) is 6.33 Å². The number of hydrogen-bond donors (Lipinski definition) is 3. The van der Waals surface area contributed by atoms with Crippen LogP contribution in [-0.2, 0) is 4.79 Å². The van der Waals surface area contributed by atoms with Gasteiger partial charge in [-0.3, -0.25) is 4.79 Å². The maximum absolute atomic E-state index is 12.9. The lowest BCUT2D eigenvalue weighted by Crippen LogP contribution is -2.10. The second kappa shape index (κ2) is 7.13. The molecule has 140 valence electrons. The van der Waals surface area contributed by atoms with Crippen molar-refractivity contribution in [2.45, 2.75) is 0 Å². The first kappa shape index (κ1) is 17.0. The van der Waals surface area contributed by atoms with E-state index in [9.17, 15) is 4.79 Å². The number of carbonyl (C=O) groups is 1. The molecule has 0 saturated heterocycles. The standard InChI is InChI=1S/C24H18N4O/c29-24-22(18-11-5-7-13-20(18)28-24)23(16-8-2-1-3-9-16)27-19-12-6-4-10-17(19)21-14-25-15-26-21/h1-15,27H,(H,25,26)(H,28,29)/b23-22-. The van der Waals surface area contributed by atoms with Gasteiger partial charge >= 0.3 is 0 Å². The predicted octanol–water partition coefficient (Wildman–Crippen LogP) is 5.01. The Morgan fingerprint density at radius 1 is 0.828 bits per heavy atom. The molecular formula is C24H18N4O. The number of aromatic amines is 1. The van der Waals surface area contributed by atoms with E-state index in [1.807, 2.05) is 85.1 Å². The Bertz CT molecular complexity index is 1210. The Balaban J connectivity index is 1.70. The van der Waals surface area contributed by atoms with Crippen LogP contribution in [0.25, 0.3) is 22.5 Å². The number of benzene rings is 3. The summed E-state index contributed by atoms with van der Waals surface area (Å²) in [6.07, 6.45) is 3.51. The summed E-state index contributed by atoms with van der Waals surface area (Å²) in [7, 11) is 0. The molecule has 0 spiro atoms. The molecule has 0 radical (unpaired) electrons. The van der Waals surface area contributed by atoms with Gasteiger partial charge in [0.2, 0.25) is 0 Å². The lowest BCUT2D eigenvalue weighted by Gasteiger charge is -2.17. The minimum absolute atomic E-state index is 0.116. The fourth-order valence-electron chi connectivity index (χ4n) is 3.61. The highest BCUT2D eigenvalue weighted by atomic mass is 16.2. The highest BCUT2D eigenvalue weighted by molar-refractivity contribution is 6.37. The van der Waals surface area contributed by atoms with Gasteiger partial charge in [-0.1, -0.05) is 66.7 Å². The predicted molar refractivity (Wildman–Crippen MR) is 116 cm³/mol. The van der Waals surface area contributed by atoms with Crippen LogP contribution in [0.5, 0.6) is 0 Å². The molecule has 1 aliphatic heterocycles. The van der Waals surface area contributed by atoms with Crippen molar-refractivity contribution in [3.05, 3.63) is 103 Å². The van der Waals surface area contributed by atoms with Crippen LogP contribution in [0.1, 0.15) is 11.1 Å². The zero-order valence-corrected chi connectivity index (χ0v) is 15.5. The molecule has 1 aromatic heterocycles. The molecule has 0 atom stereocenters. The fourth-order valence-corrected chi connectivity index (χ4v) is 3.61. The molecule has 0 aliphatic carbocycles. The quantitative estimate of drug-likeness (QED) is 0.437. The van der Waals surface area contributed by atoms with E-state index in [0.717, 1.165) is 39.5 Å². The number of nitrogens with zero attached hydrogens (tertiary/aromatic N) is 1. The molecule has 1 amide bonds. The summed E-state index contributed by atoms with van der Waals surface area (Å²) in [6, 6.07) is 25.6. The smallest absolute Gasteiger partial charge is 0.258 e. The number of anilines is 2. The van der Waals surface area contributed by atoms with Gasteiger partial charge in [-0.15, -0.1) is 0 Å². The molecule has 4 aromatic rings. The second-order valence-corrected chi connectivity index (χ2v) is 6.74. The summed E-state index contributed by atoms with van der Waals surface area (Å²) in [5.74, 6) is -0.116. The van der Waals surface area contributed by atoms with E-state index in [0.29, 0.717) is 5.57 Å². The average Bonchev–Trinajstić information content (AvgIpc) is 3.40. The van der Waals surface area contributed by atoms with Crippen LogP contribution in [0.3, 0.4) is 0 Å².